The van der Waals surface area contributed by atoms with Gasteiger partial charge in [0, 0.05) is 6.42 Å². The number of carbonyl (C=O) groups excluding carboxylic acids is 1. The van der Waals surface area contributed by atoms with Crippen LogP contribution >= 0.6 is 0 Å². The van der Waals surface area contributed by atoms with Crippen LogP contribution in [0.5, 0.6) is 11.5 Å². The van der Waals surface area contributed by atoms with Gasteiger partial charge in [-0.05, 0) is 24.6 Å². The molecule has 2 atom stereocenters. The van der Waals surface area contributed by atoms with Crippen molar-refractivity contribution in [2.45, 2.75) is 18.9 Å². The van der Waals surface area contributed by atoms with Gasteiger partial charge in [0.2, 0.25) is 0 Å². The van der Waals surface area contributed by atoms with Gasteiger partial charge in [-0.3, -0.25) is 0 Å². The zero-order valence-electron chi connectivity index (χ0n) is 11.7. The maximum atomic E-state index is 12.2. The molecule has 2 aliphatic heterocycles. The van der Waals surface area contributed by atoms with E-state index >= 15 is 0 Å². The van der Waals surface area contributed by atoms with Crippen molar-refractivity contribution in [3.05, 3.63) is 23.8 Å². The van der Waals surface area contributed by atoms with Crippen LogP contribution in [0.15, 0.2) is 18.2 Å². The fraction of sp³-hybridized carbons (Fsp3) is 0.533. The van der Waals surface area contributed by atoms with Gasteiger partial charge in [-0.25, -0.2) is 4.79 Å². The summed E-state index contributed by atoms with van der Waals surface area (Å²) in [6.07, 6.45) is 2.07. The Kier molecular flexibility index (Phi) is 3.78. The van der Waals surface area contributed by atoms with E-state index in [0.29, 0.717) is 30.3 Å². The summed E-state index contributed by atoms with van der Waals surface area (Å²) in [7, 11) is 2.13. The van der Waals surface area contributed by atoms with Crippen molar-refractivity contribution in [1.82, 2.24) is 0 Å². The highest BCUT2D eigenvalue weighted by Gasteiger charge is 2.25. The van der Waals surface area contributed by atoms with Gasteiger partial charge >= 0.3 is 5.97 Å². The molecule has 20 heavy (non-hydrogen) atoms. The van der Waals surface area contributed by atoms with Crippen molar-refractivity contribution >= 4 is 5.97 Å². The van der Waals surface area contributed by atoms with Gasteiger partial charge < -0.3 is 19.1 Å². The Bertz CT molecular complexity index is 503. The minimum absolute atomic E-state index is 0.0180. The Hall–Kier alpha value is -1.75. The Morgan fingerprint density at radius 2 is 2.10 bits per heavy atom. The summed E-state index contributed by atoms with van der Waals surface area (Å²) in [6.45, 7) is 3.10. The molecule has 0 aromatic heterocycles. The molecule has 0 saturated carbocycles. The zero-order chi connectivity index (χ0) is 13.9. The summed E-state index contributed by atoms with van der Waals surface area (Å²) in [6, 6.07) is 5.20. The molecule has 1 unspecified atom stereocenters. The first kappa shape index (κ1) is 13.2. The first-order chi connectivity index (χ1) is 9.72. The second kappa shape index (κ2) is 5.71. The molecule has 1 N–H and O–H groups in total. The molecular weight excluding hydrogens is 258 g/mol. The van der Waals surface area contributed by atoms with E-state index in [1.165, 1.54) is 4.90 Å². The zero-order valence-corrected chi connectivity index (χ0v) is 11.7. The number of ether oxygens (including phenoxy) is 3. The van der Waals surface area contributed by atoms with Gasteiger partial charge in [0.05, 0.1) is 19.2 Å². The lowest BCUT2D eigenvalue weighted by Crippen LogP contribution is -3.11. The van der Waals surface area contributed by atoms with Gasteiger partial charge in [0.15, 0.2) is 17.6 Å². The fourth-order valence-corrected chi connectivity index (χ4v) is 2.71. The van der Waals surface area contributed by atoms with E-state index in [1.807, 2.05) is 0 Å². The molecule has 0 spiro atoms. The Morgan fingerprint density at radius 1 is 1.30 bits per heavy atom. The lowest BCUT2D eigenvalue weighted by atomic mass is 10.1. The molecule has 2 heterocycles. The van der Waals surface area contributed by atoms with E-state index in [0.717, 1.165) is 25.9 Å². The van der Waals surface area contributed by atoms with Crippen LogP contribution in [0.3, 0.4) is 0 Å². The molecule has 108 valence electrons. The number of esters is 1. The number of hydrogen-bond acceptors (Lipinski definition) is 4. The third-order valence-electron chi connectivity index (χ3n) is 3.76. The van der Waals surface area contributed by atoms with Crippen LogP contribution in [0.1, 0.15) is 23.2 Å². The summed E-state index contributed by atoms with van der Waals surface area (Å²) >= 11 is 0. The molecule has 0 bridgehead atoms. The van der Waals surface area contributed by atoms with Gasteiger partial charge in [0.1, 0.15) is 19.8 Å². The number of benzene rings is 1. The van der Waals surface area contributed by atoms with E-state index in [9.17, 15) is 4.79 Å². The van der Waals surface area contributed by atoms with Gasteiger partial charge in [0.25, 0.3) is 0 Å². The number of likely N-dealkylation sites (N-methyl/N-ethyl adjacent to an activating group) is 1. The number of hydrogen-bond donors (Lipinski definition) is 1. The molecule has 5 nitrogen and oxygen atoms in total. The van der Waals surface area contributed by atoms with Crippen LogP contribution in [0.2, 0.25) is 0 Å². The fourth-order valence-electron chi connectivity index (χ4n) is 2.71. The smallest absolute Gasteiger partial charge is 0.338 e. The van der Waals surface area contributed by atoms with E-state index in [4.69, 9.17) is 14.2 Å². The number of rotatable bonds is 2. The van der Waals surface area contributed by atoms with E-state index in [2.05, 4.69) is 7.05 Å². The third-order valence-corrected chi connectivity index (χ3v) is 3.76. The second-order valence-electron chi connectivity index (χ2n) is 5.44. The standard InChI is InChI=1S/C15H19NO4/c1-16-6-2-3-12(10-16)20-15(17)11-4-5-13-14(9-11)19-8-7-18-13/h4-5,9,12H,2-3,6-8,10H2,1H3/p+1/t12-/m1/s1. The average Bonchev–Trinajstić information content (AvgIpc) is 2.47. The number of nitrogens with one attached hydrogen (secondary N) is 1. The molecule has 1 aromatic carbocycles. The highest BCUT2D eigenvalue weighted by atomic mass is 16.6. The van der Waals surface area contributed by atoms with Crippen LogP contribution in [0.4, 0.5) is 0 Å². The number of fused-ring (bicyclic) bond motifs is 1. The van der Waals surface area contributed by atoms with Crippen LogP contribution in [0, 0.1) is 0 Å². The first-order valence-electron chi connectivity index (χ1n) is 7.14. The minimum atomic E-state index is -0.276. The molecule has 1 saturated heterocycles. The lowest BCUT2D eigenvalue weighted by molar-refractivity contribution is -0.888. The second-order valence-corrected chi connectivity index (χ2v) is 5.44. The quantitative estimate of drug-likeness (QED) is 0.790. The van der Waals surface area contributed by atoms with Crippen molar-refractivity contribution < 1.29 is 23.9 Å². The maximum Gasteiger partial charge on any atom is 0.338 e. The van der Waals surface area contributed by atoms with Crippen LogP contribution in [0.25, 0.3) is 0 Å². The van der Waals surface area contributed by atoms with Gasteiger partial charge in [-0.1, -0.05) is 0 Å². The van der Waals surface area contributed by atoms with E-state index in [1.54, 1.807) is 18.2 Å². The van der Waals surface area contributed by atoms with Crippen LogP contribution in [-0.4, -0.2) is 45.4 Å². The number of likely N-dealkylation sites (tertiary alicyclic amines) is 1. The maximum absolute atomic E-state index is 12.2. The minimum Gasteiger partial charge on any atom is -0.486 e. The first-order valence-corrected chi connectivity index (χ1v) is 7.14. The monoisotopic (exact) mass is 278 g/mol. The number of carbonyl (C=O) groups is 1. The highest BCUT2D eigenvalue weighted by Crippen LogP contribution is 2.31. The molecule has 2 aliphatic rings. The van der Waals surface area contributed by atoms with Crippen LogP contribution in [-0.2, 0) is 4.74 Å². The summed E-state index contributed by atoms with van der Waals surface area (Å²) in [4.78, 5) is 13.6. The molecular formula is C15H20NO4+. The van der Waals surface area contributed by atoms with E-state index in [-0.39, 0.29) is 12.1 Å². The number of quaternary nitrogens is 1. The largest absolute Gasteiger partial charge is 0.486 e. The summed E-state index contributed by atoms with van der Waals surface area (Å²) in [5, 5.41) is 0. The topological polar surface area (TPSA) is 49.2 Å². The van der Waals surface area contributed by atoms with Crippen molar-refractivity contribution in [2.75, 3.05) is 33.4 Å². The Morgan fingerprint density at radius 3 is 2.90 bits per heavy atom. The summed E-state index contributed by atoms with van der Waals surface area (Å²) in [5.74, 6) is 1.04. The molecule has 1 aromatic rings. The molecule has 5 heteroatoms. The summed E-state index contributed by atoms with van der Waals surface area (Å²) in [5.41, 5.74) is 0.525. The van der Waals surface area contributed by atoms with Crippen molar-refractivity contribution in [3.63, 3.8) is 0 Å². The van der Waals surface area contributed by atoms with Gasteiger partial charge in [-0.2, -0.15) is 0 Å². The van der Waals surface area contributed by atoms with Crippen molar-refractivity contribution in [1.29, 1.82) is 0 Å². The van der Waals surface area contributed by atoms with Crippen molar-refractivity contribution in [2.24, 2.45) is 0 Å². The predicted molar refractivity (Wildman–Crippen MR) is 72.5 cm³/mol. The normalized spacial score (nSPS) is 25.1. The Labute approximate surface area is 118 Å². The highest BCUT2D eigenvalue weighted by molar-refractivity contribution is 5.90. The van der Waals surface area contributed by atoms with Gasteiger partial charge in [-0.15, -0.1) is 0 Å². The van der Waals surface area contributed by atoms with Crippen molar-refractivity contribution in [3.8, 4) is 11.5 Å². The predicted octanol–water partition coefficient (Wildman–Crippen LogP) is 0.292. The molecule has 0 aliphatic carbocycles. The molecule has 1 fully saturated rings. The molecule has 0 radical (unpaired) electrons. The third kappa shape index (κ3) is 2.88. The summed E-state index contributed by atoms with van der Waals surface area (Å²) < 4.78 is 16.5. The SMILES string of the molecule is C[NH+]1CCC[C@@H](OC(=O)c2ccc3c(c2)OCCO3)C1. The Balaban J connectivity index is 1.67. The average molecular weight is 278 g/mol. The number of piperidine rings is 1. The van der Waals surface area contributed by atoms with Crippen LogP contribution < -0.4 is 14.4 Å². The molecule has 3 rings (SSSR count). The molecule has 0 amide bonds. The van der Waals surface area contributed by atoms with E-state index < -0.39 is 0 Å². The lowest BCUT2D eigenvalue weighted by Gasteiger charge is -2.26.